The van der Waals surface area contributed by atoms with E-state index in [2.05, 4.69) is 26.1 Å². The molecule has 0 amide bonds. The van der Waals surface area contributed by atoms with Gasteiger partial charge in [-0.05, 0) is 52.0 Å². The summed E-state index contributed by atoms with van der Waals surface area (Å²) in [7, 11) is 1.83. The van der Waals surface area contributed by atoms with Crippen molar-refractivity contribution in [1.82, 2.24) is 5.32 Å². The van der Waals surface area contributed by atoms with E-state index in [1.807, 2.05) is 7.11 Å². The summed E-state index contributed by atoms with van der Waals surface area (Å²) < 4.78 is 5.37. The quantitative estimate of drug-likeness (QED) is 0.745. The highest BCUT2D eigenvalue weighted by molar-refractivity contribution is 4.79. The first kappa shape index (κ1) is 14.0. The SMILES string of the molecule is COCC1CCCCCC1CNC(C)(C)C. The van der Waals surface area contributed by atoms with Gasteiger partial charge >= 0.3 is 0 Å². The van der Waals surface area contributed by atoms with Crippen LogP contribution < -0.4 is 5.32 Å². The highest BCUT2D eigenvalue weighted by atomic mass is 16.5. The van der Waals surface area contributed by atoms with E-state index in [9.17, 15) is 0 Å². The summed E-state index contributed by atoms with van der Waals surface area (Å²) in [6.45, 7) is 8.83. The summed E-state index contributed by atoms with van der Waals surface area (Å²) in [4.78, 5) is 0. The van der Waals surface area contributed by atoms with Gasteiger partial charge in [0.25, 0.3) is 0 Å². The molecule has 1 saturated carbocycles. The molecular weight excluding hydrogens is 198 g/mol. The first-order valence-corrected chi connectivity index (χ1v) is 6.77. The third kappa shape index (κ3) is 5.31. The van der Waals surface area contributed by atoms with Gasteiger partial charge < -0.3 is 10.1 Å². The summed E-state index contributed by atoms with van der Waals surface area (Å²) in [6.07, 6.45) is 6.92. The van der Waals surface area contributed by atoms with E-state index in [0.29, 0.717) is 0 Å². The van der Waals surface area contributed by atoms with Crippen LogP contribution in [0, 0.1) is 11.8 Å². The van der Waals surface area contributed by atoms with Crippen molar-refractivity contribution in [2.45, 2.75) is 58.4 Å². The Balaban J connectivity index is 2.44. The van der Waals surface area contributed by atoms with Gasteiger partial charge in [-0.15, -0.1) is 0 Å². The van der Waals surface area contributed by atoms with Crippen LogP contribution in [0.2, 0.25) is 0 Å². The second-order valence-electron chi connectivity index (χ2n) is 6.24. The molecule has 0 aliphatic heterocycles. The van der Waals surface area contributed by atoms with Crippen molar-refractivity contribution in [2.24, 2.45) is 11.8 Å². The first-order valence-electron chi connectivity index (χ1n) is 6.77. The minimum Gasteiger partial charge on any atom is -0.384 e. The minimum absolute atomic E-state index is 0.240. The Morgan fingerprint density at radius 2 is 1.69 bits per heavy atom. The Morgan fingerprint density at radius 1 is 1.06 bits per heavy atom. The predicted molar refractivity (Wildman–Crippen MR) is 69.7 cm³/mol. The van der Waals surface area contributed by atoms with E-state index in [1.54, 1.807) is 0 Å². The van der Waals surface area contributed by atoms with Crippen molar-refractivity contribution in [3.8, 4) is 0 Å². The van der Waals surface area contributed by atoms with Gasteiger partial charge in [0, 0.05) is 19.3 Å². The number of nitrogens with one attached hydrogen (secondary N) is 1. The van der Waals surface area contributed by atoms with Crippen molar-refractivity contribution in [1.29, 1.82) is 0 Å². The average Bonchev–Trinajstić information content (AvgIpc) is 2.40. The lowest BCUT2D eigenvalue weighted by molar-refractivity contribution is 0.111. The molecule has 2 heteroatoms. The first-order chi connectivity index (χ1) is 7.53. The number of methoxy groups -OCH3 is 1. The maximum absolute atomic E-state index is 5.37. The van der Waals surface area contributed by atoms with E-state index in [-0.39, 0.29) is 5.54 Å². The van der Waals surface area contributed by atoms with E-state index in [4.69, 9.17) is 4.74 Å². The van der Waals surface area contributed by atoms with Crippen LogP contribution in [-0.2, 0) is 4.74 Å². The van der Waals surface area contributed by atoms with Crippen LogP contribution in [0.15, 0.2) is 0 Å². The molecule has 0 bridgehead atoms. The summed E-state index contributed by atoms with van der Waals surface area (Å²) in [6, 6.07) is 0. The van der Waals surface area contributed by atoms with Gasteiger partial charge in [0.15, 0.2) is 0 Å². The van der Waals surface area contributed by atoms with Gasteiger partial charge in [0.05, 0.1) is 0 Å². The molecule has 0 aromatic rings. The summed E-state index contributed by atoms with van der Waals surface area (Å²) in [5.41, 5.74) is 0.240. The third-order valence-electron chi connectivity index (χ3n) is 3.59. The zero-order chi connectivity index (χ0) is 12.0. The fourth-order valence-corrected chi connectivity index (χ4v) is 2.60. The van der Waals surface area contributed by atoms with E-state index in [0.717, 1.165) is 25.0 Å². The van der Waals surface area contributed by atoms with Gasteiger partial charge in [0.1, 0.15) is 0 Å². The van der Waals surface area contributed by atoms with Crippen molar-refractivity contribution < 1.29 is 4.74 Å². The lowest BCUT2D eigenvalue weighted by atomic mass is 9.88. The van der Waals surface area contributed by atoms with Crippen LogP contribution in [0.3, 0.4) is 0 Å². The molecule has 16 heavy (non-hydrogen) atoms. The topological polar surface area (TPSA) is 21.3 Å². The molecule has 1 rings (SSSR count). The smallest absolute Gasteiger partial charge is 0.0493 e. The molecule has 2 atom stereocenters. The molecule has 2 nitrogen and oxygen atoms in total. The predicted octanol–water partition coefficient (Wildman–Crippen LogP) is 3.22. The highest BCUT2D eigenvalue weighted by Crippen LogP contribution is 2.28. The molecule has 1 fully saturated rings. The van der Waals surface area contributed by atoms with Gasteiger partial charge in [-0.2, -0.15) is 0 Å². The standard InChI is InChI=1S/C14H29NO/c1-14(2,3)15-10-12-8-6-5-7-9-13(12)11-16-4/h12-13,15H,5-11H2,1-4H3. The minimum atomic E-state index is 0.240. The Kier molecular flexibility index (Phi) is 5.77. The van der Waals surface area contributed by atoms with Crippen LogP contribution in [0.25, 0.3) is 0 Å². The Hall–Kier alpha value is -0.0800. The molecule has 1 aliphatic rings. The zero-order valence-electron chi connectivity index (χ0n) is 11.5. The van der Waals surface area contributed by atoms with Gasteiger partial charge in [0.2, 0.25) is 0 Å². The van der Waals surface area contributed by atoms with E-state index in [1.165, 1.54) is 32.1 Å². The molecule has 0 heterocycles. The molecule has 0 saturated heterocycles. The van der Waals surface area contributed by atoms with Gasteiger partial charge in [-0.3, -0.25) is 0 Å². The molecule has 0 aromatic heterocycles. The van der Waals surface area contributed by atoms with Crippen LogP contribution in [0.5, 0.6) is 0 Å². The van der Waals surface area contributed by atoms with Crippen LogP contribution in [0.4, 0.5) is 0 Å². The molecule has 2 unspecified atom stereocenters. The summed E-state index contributed by atoms with van der Waals surface area (Å²) in [5.74, 6) is 1.57. The Bertz CT molecular complexity index is 186. The van der Waals surface area contributed by atoms with Gasteiger partial charge in [-0.1, -0.05) is 19.3 Å². The van der Waals surface area contributed by atoms with Gasteiger partial charge in [-0.25, -0.2) is 0 Å². The number of hydrogen-bond donors (Lipinski definition) is 1. The maximum Gasteiger partial charge on any atom is 0.0493 e. The molecule has 96 valence electrons. The van der Waals surface area contributed by atoms with E-state index < -0.39 is 0 Å². The van der Waals surface area contributed by atoms with Crippen molar-refractivity contribution in [3.05, 3.63) is 0 Å². The van der Waals surface area contributed by atoms with Crippen molar-refractivity contribution in [3.63, 3.8) is 0 Å². The monoisotopic (exact) mass is 227 g/mol. The Labute approximate surface area is 101 Å². The second-order valence-corrected chi connectivity index (χ2v) is 6.24. The van der Waals surface area contributed by atoms with Crippen molar-refractivity contribution in [2.75, 3.05) is 20.3 Å². The Morgan fingerprint density at radius 3 is 2.25 bits per heavy atom. The molecular formula is C14H29NO. The van der Waals surface area contributed by atoms with Crippen LogP contribution >= 0.6 is 0 Å². The number of rotatable bonds is 4. The summed E-state index contributed by atoms with van der Waals surface area (Å²) in [5, 5.41) is 3.65. The van der Waals surface area contributed by atoms with E-state index >= 15 is 0 Å². The molecule has 0 spiro atoms. The molecule has 1 aliphatic carbocycles. The fraction of sp³-hybridized carbons (Fsp3) is 1.00. The largest absolute Gasteiger partial charge is 0.384 e. The van der Waals surface area contributed by atoms with Crippen LogP contribution in [0.1, 0.15) is 52.9 Å². The number of hydrogen-bond acceptors (Lipinski definition) is 2. The third-order valence-corrected chi connectivity index (χ3v) is 3.59. The lowest BCUT2D eigenvalue weighted by Gasteiger charge is -2.29. The van der Waals surface area contributed by atoms with Crippen molar-refractivity contribution >= 4 is 0 Å². The molecule has 0 radical (unpaired) electrons. The second kappa shape index (κ2) is 6.61. The highest BCUT2D eigenvalue weighted by Gasteiger charge is 2.24. The fourth-order valence-electron chi connectivity index (χ4n) is 2.60. The maximum atomic E-state index is 5.37. The molecule has 0 aromatic carbocycles. The van der Waals surface area contributed by atoms with Crippen LogP contribution in [-0.4, -0.2) is 25.8 Å². The molecule has 1 N–H and O–H groups in total. The normalized spacial score (nSPS) is 27.8. The lowest BCUT2D eigenvalue weighted by Crippen LogP contribution is -2.41. The number of ether oxygens (including phenoxy) is 1. The zero-order valence-corrected chi connectivity index (χ0v) is 11.5. The average molecular weight is 227 g/mol. The summed E-state index contributed by atoms with van der Waals surface area (Å²) >= 11 is 0.